The number of halogens is 2. The predicted molar refractivity (Wildman–Crippen MR) is 266 cm³/mol. The summed E-state index contributed by atoms with van der Waals surface area (Å²) < 4.78 is 91.1. The molecule has 71 heavy (non-hydrogen) atoms. The van der Waals surface area contributed by atoms with Gasteiger partial charge < -0.3 is 24.8 Å². The smallest absolute Gasteiger partial charge is 0.407 e. The van der Waals surface area contributed by atoms with Gasteiger partial charge in [0, 0.05) is 17.8 Å². The van der Waals surface area contributed by atoms with Gasteiger partial charge in [0.2, 0.25) is 16.1 Å². The first-order chi connectivity index (χ1) is 33.8. The van der Waals surface area contributed by atoms with Gasteiger partial charge in [-0.05, 0) is 203 Å². The molecule has 0 spiro atoms. The highest BCUT2D eigenvalue weighted by Crippen LogP contribution is 2.41. The molecular formula is C52H61F2N5O10S2. The molecule has 15 nitrogen and oxygen atoms in total. The third kappa shape index (κ3) is 14.8. The molecule has 0 bridgehead atoms. The van der Waals surface area contributed by atoms with E-state index in [-0.39, 0.29) is 40.9 Å². The molecule has 0 unspecified atom stereocenters. The van der Waals surface area contributed by atoms with Crippen molar-refractivity contribution in [3.8, 4) is 11.5 Å². The van der Waals surface area contributed by atoms with E-state index in [1.165, 1.54) is 94.8 Å². The number of alkyl carbamates (subject to hydrolysis) is 1. The molecule has 19 heteroatoms. The summed E-state index contributed by atoms with van der Waals surface area (Å²) in [6, 6.07) is 14.8. The molecule has 5 N–H and O–H groups in total. The average Bonchev–Trinajstić information content (AvgIpc) is 4.18. The Kier molecular flexibility index (Phi) is 18.3. The summed E-state index contributed by atoms with van der Waals surface area (Å²) in [4.78, 5) is 38.8. The number of urea groups is 1. The van der Waals surface area contributed by atoms with Crippen LogP contribution in [0, 0.1) is 0 Å². The SMILES string of the molecule is CC(C)(C)OC(=O)NC/C(=C\F)COc1ccc(S(=O)(=O)NC(=O)Nc2c3c(cc4c2CCC4)CCC3)cc1.CC/C(=C\F)COc1ccc(S(N)(=O)=O)cc1.O=C=Nc1c2c(cc3c1CCC3)CCC2. The predicted octanol–water partition coefficient (Wildman–Crippen LogP) is 9.54. The highest BCUT2D eigenvalue weighted by molar-refractivity contribution is 7.90. The van der Waals surface area contributed by atoms with Crippen molar-refractivity contribution in [1.29, 1.82) is 0 Å². The number of carbonyl (C=O) groups excluding carboxylic acids is 3. The minimum atomic E-state index is -4.14. The van der Waals surface area contributed by atoms with Crippen LogP contribution in [0.5, 0.6) is 11.5 Å². The molecule has 4 aliphatic rings. The van der Waals surface area contributed by atoms with Crippen LogP contribution in [0.1, 0.15) is 104 Å². The van der Waals surface area contributed by atoms with E-state index >= 15 is 0 Å². The molecule has 4 aromatic rings. The van der Waals surface area contributed by atoms with Gasteiger partial charge in [-0.2, -0.15) is 4.99 Å². The lowest BCUT2D eigenvalue weighted by Crippen LogP contribution is -2.35. The van der Waals surface area contributed by atoms with E-state index in [1.807, 2.05) is 6.92 Å². The second-order valence-corrected chi connectivity index (χ2v) is 21.8. The number of rotatable bonds is 14. The lowest BCUT2D eigenvalue weighted by atomic mass is 9.99. The van der Waals surface area contributed by atoms with Gasteiger partial charge in [0.1, 0.15) is 30.3 Å². The van der Waals surface area contributed by atoms with E-state index in [2.05, 4.69) is 32.5 Å². The van der Waals surface area contributed by atoms with Crippen LogP contribution in [0.25, 0.3) is 0 Å². The number of amides is 3. The number of aliphatic imine (C=N–C) groups is 1. The van der Waals surface area contributed by atoms with Crippen LogP contribution in [0.4, 0.5) is 29.7 Å². The summed E-state index contributed by atoms with van der Waals surface area (Å²) in [5.74, 6) is 0.746. The van der Waals surface area contributed by atoms with E-state index in [9.17, 15) is 40.0 Å². The molecule has 0 aromatic heterocycles. The summed E-state index contributed by atoms with van der Waals surface area (Å²) in [6.07, 6.45) is 15.0. The minimum Gasteiger partial charge on any atom is -0.489 e. The Morgan fingerprint density at radius 3 is 1.59 bits per heavy atom. The van der Waals surface area contributed by atoms with Crippen molar-refractivity contribution in [1.82, 2.24) is 10.0 Å². The number of isocyanates is 1. The van der Waals surface area contributed by atoms with Gasteiger partial charge in [-0.15, -0.1) is 0 Å². The average molecular weight is 1020 g/mol. The number of nitrogens with two attached hydrogens (primary N) is 1. The van der Waals surface area contributed by atoms with Crippen LogP contribution in [-0.2, 0) is 80.9 Å². The monoisotopic (exact) mass is 1020 g/mol. The summed E-state index contributed by atoms with van der Waals surface area (Å²) in [5.41, 5.74) is 11.9. The number of hydrogen-bond acceptors (Lipinski definition) is 11. The van der Waals surface area contributed by atoms with Crippen molar-refractivity contribution in [3.63, 3.8) is 0 Å². The quantitative estimate of drug-likeness (QED) is 0.0692. The second-order valence-electron chi connectivity index (χ2n) is 18.5. The first-order valence-electron chi connectivity index (χ1n) is 23.6. The Morgan fingerprint density at radius 2 is 1.15 bits per heavy atom. The summed E-state index contributed by atoms with van der Waals surface area (Å²) >= 11 is 0. The molecule has 8 rings (SSSR count). The summed E-state index contributed by atoms with van der Waals surface area (Å²) in [7, 11) is -7.83. The first kappa shape index (κ1) is 53.9. The molecule has 4 aromatic carbocycles. The topological polar surface area (TPSA) is 222 Å². The zero-order chi connectivity index (χ0) is 51.3. The molecule has 380 valence electrons. The van der Waals surface area contributed by atoms with Crippen LogP contribution in [0.15, 0.2) is 99.3 Å². The molecule has 0 saturated carbocycles. The summed E-state index contributed by atoms with van der Waals surface area (Å²) in [5, 5.41) is 10.2. The number of nitrogens with zero attached hydrogens (tertiary/aromatic N) is 1. The van der Waals surface area contributed by atoms with Crippen molar-refractivity contribution in [2.45, 2.75) is 127 Å². The van der Waals surface area contributed by atoms with Gasteiger partial charge in [-0.1, -0.05) is 19.1 Å². The van der Waals surface area contributed by atoms with Crippen molar-refractivity contribution in [3.05, 3.63) is 129 Å². The fourth-order valence-corrected chi connectivity index (χ4v) is 10.3. The van der Waals surface area contributed by atoms with E-state index < -0.39 is 37.8 Å². The molecule has 0 heterocycles. The van der Waals surface area contributed by atoms with Crippen LogP contribution < -0.4 is 30.0 Å². The molecule has 0 aliphatic heterocycles. The number of nitrogens with one attached hydrogen (secondary N) is 3. The van der Waals surface area contributed by atoms with Gasteiger partial charge in [-0.3, -0.25) is 0 Å². The van der Waals surface area contributed by atoms with Crippen molar-refractivity contribution >= 4 is 49.6 Å². The Labute approximate surface area is 414 Å². The number of anilines is 1. The van der Waals surface area contributed by atoms with Crippen molar-refractivity contribution in [2.24, 2.45) is 10.1 Å². The molecule has 4 aliphatic carbocycles. The highest BCUT2D eigenvalue weighted by Gasteiger charge is 2.27. The third-order valence-electron chi connectivity index (χ3n) is 12.3. The van der Waals surface area contributed by atoms with E-state index in [0.717, 1.165) is 86.7 Å². The van der Waals surface area contributed by atoms with Gasteiger partial charge in [0.05, 0.1) is 28.1 Å². The highest BCUT2D eigenvalue weighted by atomic mass is 32.2. The molecule has 0 radical (unpaired) electrons. The number of ether oxygens (including phenoxy) is 3. The maximum atomic E-state index is 13.2. The molecule has 0 saturated heterocycles. The standard InChI is InChI=1S/C28H34FN3O6S.C13H13NO.C11H14FNO3S/c1-28(2,3)38-27(34)30-16-18(15-29)17-37-21-10-12-22(13-11-21)39(35,36)32-26(33)31-25-23-8-4-6-19(23)14-20-7-5-9-24(20)25;15-8-14-13-11-5-1-3-9(11)7-10-4-2-6-12(10)13;1-2-9(7-12)8-16-10-3-5-11(6-4-10)17(13,14)15/h10-15H,4-9,16-17H2,1-3H3,(H,30,34)(H2,31,32,33);7H,1-6H2;3-7H,2,8H2,1H3,(H2,13,14,15)/b18-15+;;9-7+. The lowest BCUT2D eigenvalue weighted by Gasteiger charge is -2.20. The Hall–Kier alpha value is -6.40. The number of primary sulfonamides is 1. The Bertz CT molecular complexity index is 2870. The Balaban J connectivity index is 0.000000210. The maximum absolute atomic E-state index is 13.2. The van der Waals surface area contributed by atoms with Gasteiger partial charge in [-0.25, -0.2) is 49.9 Å². The zero-order valence-corrected chi connectivity index (χ0v) is 42.1. The van der Waals surface area contributed by atoms with Gasteiger partial charge in [0.25, 0.3) is 10.0 Å². The second kappa shape index (κ2) is 24.1. The summed E-state index contributed by atoms with van der Waals surface area (Å²) in [6.45, 7) is 6.81. The number of sulfonamides is 2. The maximum Gasteiger partial charge on any atom is 0.407 e. The minimum absolute atomic E-state index is 0.0154. The fourth-order valence-electron chi connectivity index (χ4n) is 8.88. The number of carbonyl (C=O) groups is 2. The van der Waals surface area contributed by atoms with Crippen molar-refractivity contribution < 1.29 is 54.2 Å². The van der Waals surface area contributed by atoms with Crippen molar-refractivity contribution in [2.75, 3.05) is 25.1 Å². The number of hydrogen-bond donors (Lipinski definition) is 4. The number of fused-ring (bicyclic) bond motifs is 4. The first-order valence-corrected chi connectivity index (χ1v) is 26.6. The number of aryl methyl sites for hydroxylation is 4. The van der Waals surface area contributed by atoms with Crippen LogP contribution in [0.3, 0.4) is 0 Å². The number of benzene rings is 4. The lowest BCUT2D eigenvalue weighted by molar-refractivity contribution is 0.0531. The normalized spacial score (nSPS) is 14.7. The van der Waals surface area contributed by atoms with Gasteiger partial charge in [0.15, 0.2) is 0 Å². The molecule has 0 atom stereocenters. The third-order valence-corrected chi connectivity index (χ3v) is 14.6. The molecular weight excluding hydrogens is 957 g/mol. The van der Waals surface area contributed by atoms with E-state index in [4.69, 9.17) is 19.3 Å². The van der Waals surface area contributed by atoms with Crippen LogP contribution in [-0.4, -0.2) is 60.4 Å². The Morgan fingerprint density at radius 1 is 0.704 bits per heavy atom. The fraction of sp³-hybridized carbons (Fsp3) is 0.404. The largest absolute Gasteiger partial charge is 0.489 e. The molecule has 3 amide bonds. The van der Waals surface area contributed by atoms with Crippen LogP contribution >= 0.6 is 0 Å². The zero-order valence-electron chi connectivity index (χ0n) is 40.4. The van der Waals surface area contributed by atoms with Gasteiger partial charge >= 0.3 is 12.1 Å². The van der Waals surface area contributed by atoms with E-state index in [0.29, 0.717) is 30.4 Å². The molecule has 0 fully saturated rings. The van der Waals surface area contributed by atoms with E-state index in [1.54, 1.807) is 26.9 Å². The van der Waals surface area contributed by atoms with Crippen LogP contribution in [0.2, 0.25) is 0 Å².